The molecule has 0 aliphatic rings. The molecule has 0 bridgehead atoms. The Balaban J connectivity index is 1.71. The van der Waals surface area contributed by atoms with Gasteiger partial charge in [0.1, 0.15) is 16.4 Å². The second-order valence-corrected chi connectivity index (χ2v) is 8.70. The van der Waals surface area contributed by atoms with Crippen LogP contribution in [0.1, 0.15) is 25.7 Å². The van der Waals surface area contributed by atoms with Gasteiger partial charge in [-0.05, 0) is 65.9 Å². The van der Waals surface area contributed by atoms with Crippen molar-refractivity contribution in [3.8, 4) is 17.2 Å². The minimum Gasteiger partial charge on any atom is -0.508 e. The molecule has 0 unspecified atom stereocenters. The summed E-state index contributed by atoms with van der Waals surface area (Å²) in [6, 6.07) is 14.0. The SMILES string of the molecule is COC(=O)/C=C/c1ccc(Oc2c(C(=O)c3sccc3C)sc3cc(O)ccc23)cc1. The Bertz CT molecular complexity index is 1300. The molecule has 2 aromatic heterocycles. The maximum absolute atomic E-state index is 13.3. The van der Waals surface area contributed by atoms with E-state index in [-0.39, 0.29) is 11.5 Å². The van der Waals surface area contributed by atoms with Gasteiger partial charge in [0.05, 0.1) is 12.0 Å². The summed E-state index contributed by atoms with van der Waals surface area (Å²) in [5, 5.41) is 12.5. The van der Waals surface area contributed by atoms with Crippen LogP contribution in [0.25, 0.3) is 16.2 Å². The van der Waals surface area contributed by atoms with Crippen molar-refractivity contribution in [1.29, 1.82) is 0 Å². The number of phenolic OH excluding ortho intramolecular Hbond substituents is 1. The number of carbonyl (C=O) groups excluding carboxylic acids is 2. The Kier molecular flexibility index (Phi) is 5.88. The highest BCUT2D eigenvalue weighted by atomic mass is 32.1. The number of carbonyl (C=O) groups is 2. The van der Waals surface area contributed by atoms with Crippen LogP contribution in [0, 0.1) is 6.92 Å². The fourth-order valence-electron chi connectivity index (χ4n) is 3.02. The van der Waals surface area contributed by atoms with E-state index < -0.39 is 5.97 Å². The van der Waals surface area contributed by atoms with Crippen LogP contribution in [0.4, 0.5) is 0 Å². The molecule has 4 aromatic rings. The summed E-state index contributed by atoms with van der Waals surface area (Å²) in [6.07, 6.45) is 2.99. The van der Waals surface area contributed by atoms with Gasteiger partial charge in [0, 0.05) is 16.2 Å². The minimum atomic E-state index is -0.430. The van der Waals surface area contributed by atoms with E-state index in [9.17, 15) is 14.7 Å². The van der Waals surface area contributed by atoms with Crippen LogP contribution >= 0.6 is 22.7 Å². The molecule has 0 amide bonds. The lowest BCUT2D eigenvalue weighted by Gasteiger charge is -2.08. The van der Waals surface area contributed by atoms with Crippen molar-refractivity contribution in [2.45, 2.75) is 6.92 Å². The van der Waals surface area contributed by atoms with E-state index in [1.165, 1.54) is 35.9 Å². The number of ketones is 1. The zero-order valence-corrected chi connectivity index (χ0v) is 18.4. The van der Waals surface area contributed by atoms with Crippen molar-refractivity contribution in [3.63, 3.8) is 0 Å². The second kappa shape index (κ2) is 8.75. The number of aromatic hydroxyl groups is 1. The van der Waals surface area contributed by atoms with Gasteiger partial charge in [0.25, 0.3) is 0 Å². The highest BCUT2D eigenvalue weighted by Gasteiger charge is 2.24. The highest BCUT2D eigenvalue weighted by Crippen LogP contribution is 2.43. The van der Waals surface area contributed by atoms with Crippen molar-refractivity contribution in [2.24, 2.45) is 0 Å². The number of phenols is 1. The molecule has 0 fully saturated rings. The normalized spacial score (nSPS) is 11.2. The van der Waals surface area contributed by atoms with Gasteiger partial charge in [0.15, 0.2) is 5.75 Å². The monoisotopic (exact) mass is 450 g/mol. The van der Waals surface area contributed by atoms with Gasteiger partial charge in [-0.1, -0.05) is 12.1 Å². The van der Waals surface area contributed by atoms with Crippen molar-refractivity contribution >= 4 is 50.6 Å². The predicted octanol–water partition coefficient (Wildman–Crippen LogP) is 6.19. The third kappa shape index (κ3) is 4.38. The van der Waals surface area contributed by atoms with Gasteiger partial charge in [-0.15, -0.1) is 22.7 Å². The lowest BCUT2D eigenvalue weighted by atomic mass is 10.1. The van der Waals surface area contributed by atoms with E-state index >= 15 is 0 Å². The summed E-state index contributed by atoms with van der Waals surface area (Å²) in [5.41, 5.74) is 1.73. The first-order chi connectivity index (χ1) is 15.0. The molecule has 7 heteroatoms. The van der Waals surface area contributed by atoms with Crippen LogP contribution in [0.5, 0.6) is 17.2 Å². The van der Waals surface area contributed by atoms with Crippen molar-refractivity contribution in [2.75, 3.05) is 7.11 Å². The standard InChI is InChI=1S/C24H18O5S2/c1-14-11-12-30-23(14)21(27)24-22(18-9-6-16(25)13-19(18)31-24)29-17-7-3-15(4-8-17)5-10-20(26)28-2/h3-13,25H,1-2H3/b10-5+. The summed E-state index contributed by atoms with van der Waals surface area (Å²) in [4.78, 5) is 25.7. The molecule has 0 aliphatic carbocycles. The molecule has 31 heavy (non-hydrogen) atoms. The Morgan fingerprint density at radius 3 is 2.48 bits per heavy atom. The lowest BCUT2D eigenvalue weighted by Crippen LogP contribution is -2.00. The minimum absolute atomic E-state index is 0.0965. The van der Waals surface area contributed by atoms with E-state index in [2.05, 4.69) is 4.74 Å². The number of ether oxygens (including phenoxy) is 2. The van der Waals surface area contributed by atoms with Crippen LogP contribution in [-0.2, 0) is 9.53 Å². The number of methoxy groups -OCH3 is 1. The molecule has 4 rings (SSSR count). The van der Waals surface area contributed by atoms with E-state index in [0.717, 1.165) is 21.2 Å². The number of esters is 1. The number of aryl methyl sites for hydroxylation is 1. The van der Waals surface area contributed by atoms with Crippen LogP contribution in [0.3, 0.4) is 0 Å². The quantitative estimate of drug-likeness (QED) is 0.216. The maximum atomic E-state index is 13.3. The molecule has 156 valence electrons. The molecule has 0 aliphatic heterocycles. The van der Waals surface area contributed by atoms with Gasteiger partial charge in [-0.2, -0.15) is 0 Å². The summed E-state index contributed by atoms with van der Waals surface area (Å²) in [6.45, 7) is 1.91. The Morgan fingerprint density at radius 2 is 1.81 bits per heavy atom. The van der Waals surface area contributed by atoms with Crippen LogP contribution < -0.4 is 4.74 Å². The van der Waals surface area contributed by atoms with E-state index in [0.29, 0.717) is 21.3 Å². The molecule has 0 saturated heterocycles. The maximum Gasteiger partial charge on any atom is 0.330 e. The van der Waals surface area contributed by atoms with E-state index in [1.807, 2.05) is 18.4 Å². The fourth-order valence-corrected chi connectivity index (χ4v) is 5.06. The van der Waals surface area contributed by atoms with Gasteiger partial charge in [-0.25, -0.2) is 4.79 Å². The van der Waals surface area contributed by atoms with E-state index in [1.54, 1.807) is 48.5 Å². The summed E-state index contributed by atoms with van der Waals surface area (Å²) in [7, 11) is 1.32. The van der Waals surface area contributed by atoms with Crippen LogP contribution in [-0.4, -0.2) is 24.0 Å². The topological polar surface area (TPSA) is 72.8 Å². The van der Waals surface area contributed by atoms with Crippen LogP contribution in [0.15, 0.2) is 60.0 Å². The molecule has 0 radical (unpaired) electrons. The third-order valence-corrected chi connectivity index (χ3v) is 6.76. The predicted molar refractivity (Wildman–Crippen MR) is 124 cm³/mol. The fraction of sp³-hybridized carbons (Fsp3) is 0.0833. The Hall–Kier alpha value is -3.42. The number of thiophene rings is 2. The first kappa shape index (κ1) is 20.8. The summed E-state index contributed by atoms with van der Waals surface area (Å²) >= 11 is 2.70. The zero-order valence-electron chi connectivity index (χ0n) is 16.7. The van der Waals surface area contributed by atoms with Crippen molar-refractivity contribution < 1.29 is 24.2 Å². The molecule has 5 nitrogen and oxygen atoms in total. The third-order valence-electron chi connectivity index (χ3n) is 4.62. The Morgan fingerprint density at radius 1 is 1.03 bits per heavy atom. The largest absolute Gasteiger partial charge is 0.508 e. The smallest absolute Gasteiger partial charge is 0.330 e. The van der Waals surface area contributed by atoms with Crippen molar-refractivity contribution in [1.82, 2.24) is 0 Å². The molecule has 2 aromatic carbocycles. The summed E-state index contributed by atoms with van der Waals surface area (Å²) < 4.78 is 11.5. The first-order valence-electron chi connectivity index (χ1n) is 9.34. The molecular weight excluding hydrogens is 432 g/mol. The molecular formula is C24H18O5S2. The van der Waals surface area contributed by atoms with Crippen molar-refractivity contribution in [3.05, 3.63) is 80.9 Å². The molecule has 1 N–H and O–H groups in total. The average Bonchev–Trinajstić information content (AvgIpc) is 3.35. The molecule has 2 heterocycles. The average molecular weight is 451 g/mol. The summed E-state index contributed by atoms with van der Waals surface area (Å²) in [5.74, 6) is 0.630. The van der Waals surface area contributed by atoms with E-state index in [4.69, 9.17) is 4.74 Å². The number of benzene rings is 2. The van der Waals surface area contributed by atoms with Gasteiger partial charge >= 0.3 is 5.97 Å². The van der Waals surface area contributed by atoms with Gasteiger partial charge in [-0.3, -0.25) is 4.79 Å². The van der Waals surface area contributed by atoms with Crippen LogP contribution in [0.2, 0.25) is 0 Å². The zero-order chi connectivity index (χ0) is 22.0. The molecule has 0 atom stereocenters. The number of rotatable bonds is 6. The molecule has 0 saturated carbocycles. The van der Waals surface area contributed by atoms with Gasteiger partial charge in [0.2, 0.25) is 5.78 Å². The van der Waals surface area contributed by atoms with Gasteiger partial charge < -0.3 is 14.6 Å². The highest BCUT2D eigenvalue weighted by molar-refractivity contribution is 7.22. The second-order valence-electron chi connectivity index (χ2n) is 6.73. The number of hydrogen-bond acceptors (Lipinski definition) is 7. The first-order valence-corrected chi connectivity index (χ1v) is 11.0. The lowest BCUT2D eigenvalue weighted by molar-refractivity contribution is -0.134. The Labute approximate surface area is 186 Å². The molecule has 0 spiro atoms. The number of hydrogen-bond donors (Lipinski definition) is 1. The number of fused-ring (bicyclic) bond motifs is 1.